The van der Waals surface area contributed by atoms with Crippen LogP contribution in [-0.4, -0.2) is 16.7 Å². The van der Waals surface area contributed by atoms with Crippen molar-refractivity contribution in [1.29, 1.82) is 0 Å². The molecule has 0 unspecified atom stereocenters. The molecule has 110 valence electrons. The Balaban J connectivity index is 1.36. The Morgan fingerprint density at radius 1 is 1.05 bits per heavy atom. The van der Waals surface area contributed by atoms with Crippen molar-refractivity contribution in [2.24, 2.45) is 29.6 Å². The SMILES string of the molecule is Cc1n[nH]c(C)c1CNCC1C2CC3CC(C2)CC1C3. The molecule has 0 aromatic carbocycles. The number of aryl methyl sites for hydroxylation is 2. The Kier molecular flexibility index (Phi) is 3.13. The molecule has 3 nitrogen and oxygen atoms in total. The number of hydrogen-bond donors (Lipinski definition) is 2. The van der Waals surface area contributed by atoms with Crippen molar-refractivity contribution in [2.75, 3.05) is 6.54 Å². The average Bonchev–Trinajstić information content (AvgIpc) is 2.72. The van der Waals surface area contributed by atoms with E-state index in [9.17, 15) is 0 Å². The molecule has 0 aliphatic heterocycles. The lowest BCUT2D eigenvalue weighted by molar-refractivity contribution is -0.0355. The van der Waals surface area contributed by atoms with Crippen LogP contribution in [0.5, 0.6) is 0 Å². The third kappa shape index (κ3) is 2.11. The number of rotatable bonds is 4. The largest absolute Gasteiger partial charge is 0.312 e. The van der Waals surface area contributed by atoms with Gasteiger partial charge >= 0.3 is 0 Å². The summed E-state index contributed by atoms with van der Waals surface area (Å²) in [7, 11) is 0. The first-order valence-electron chi connectivity index (χ1n) is 8.42. The third-order valence-electron chi connectivity index (χ3n) is 6.38. The van der Waals surface area contributed by atoms with E-state index in [-0.39, 0.29) is 0 Å². The van der Waals surface area contributed by atoms with E-state index in [1.807, 2.05) is 0 Å². The summed E-state index contributed by atoms with van der Waals surface area (Å²) in [6.07, 6.45) is 7.68. The lowest BCUT2D eigenvalue weighted by Crippen LogP contribution is -2.48. The lowest BCUT2D eigenvalue weighted by Gasteiger charge is -2.54. The second-order valence-corrected chi connectivity index (χ2v) is 7.64. The Labute approximate surface area is 121 Å². The Morgan fingerprint density at radius 3 is 2.25 bits per heavy atom. The zero-order valence-electron chi connectivity index (χ0n) is 12.8. The molecule has 0 amide bonds. The van der Waals surface area contributed by atoms with Gasteiger partial charge in [0, 0.05) is 17.8 Å². The smallest absolute Gasteiger partial charge is 0.0638 e. The Bertz CT molecular complexity index is 443. The van der Waals surface area contributed by atoms with Crippen molar-refractivity contribution < 1.29 is 0 Å². The summed E-state index contributed by atoms with van der Waals surface area (Å²) in [6.45, 7) is 6.43. The molecular weight excluding hydrogens is 246 g/mol. The summed E-state index contributed by atoms with van der Waals surface area (Å²) in [5, 5.41) is 11.1. The van der Waals surface area contributed by atoms with Gasteiger partial charge in [0.2, 0.25) is 0 Å². The topological polar surface area (TPSA) is 40.7 Å². The predicted molar refractivity (Wildman–Crippen MR) is 80.3 cm³/mol. The minimum Gasteiger partial charge on any atom is -0.312 e. The molecule has 0 spiro atoms. The van der Waals surface area contributed by atoms with Gasteiger partial charge in [0.25, 0.3) is 0 Å². The van der Waals surface area contributed by atoms with Crippen LogP contribution in [0.3, 0.4) is 0 Å². The Morgan fingerprint density at radius 2 is 1.70 bits per heavy atom. The maximum absolute atomic E-state index is 4.29. The molecule has 4 bridgehead atoms. The average molecular weight is 273 g/mol. The van der Waals surface area contributed by atoms with Gasteiger partial charge in [-0.25, -0.2) is 0 Å². The molecule has 1 aromatic heterocycles. The second kappa shape index (κ2) is 4.87. The summed E-state index contributed by atoms with van der Waals surface area (Å²) >= 11 is 0. The van der Waals surface area contributed by atoms with Crippen LogP contribution in [0, 0.1) is 43.4 Å². The monoisotopic (exact) mass is 273 g/mol. The molecule has 4 saturated carbocycles. The first-order chi connectivity index (χ1) is 9.70. The van der Waals surface area contributed by atoms with Gasteiger partial charge < -0.3 is 5.32 Å². The summed E-state index contributed by atoms with van der Waals surface area (Å²) in [5.74, 6) is 5.20. The number of aromatic amines is 1. The maximum atomic E-state index is 4.29. The van der Waals surface area contributed by atoms with Crippen LogP contribution in [0.2, 0.25) is 0 Å². The molecule has 4 fully saturated rings. The van der Waals surface area contributed by atoms with E-state index in [1.165, 1.54) is 43.5 Å². The minimum absolute atomic E-state index is 0.954. The van der Waals surface area contributed by atoms with Gasteiger partial charge in [-0.2, -0.15) is 5.10 Å². The van der Waals surface area contributed by atoms with E-state index in [4.69, 9.17) is 0 Å². The van der Waals surface area contributed by atoms with Crippen LogP contribution < -0.4 is 5.32 Å². The quantitative estimate of drug-likeness (QED) is 0.884. The van der Waals surface area contributed by atoms with E-state index >= 15 is 0 Å². The van der Waals surface area contributed by atoms with Crippen molar-refractivity contribution in [1.82, 2.24) is 15.5 Å². The first kappa shape index (κ1) is 12.9. The number of nitrogens with zero attached hydrogens (tertiary/aromatic N) is 1. The van der Waals surface area contributed by atoms with Crippen molar-refractivity contribution in [3.63, 3.8) is 0 Å². The van der Waals surface area contributed by atoms with Crippen LogP contribution >= 0.6 is 0 Å². The van der Waals surface area contributed by atoms with E-state index in [2.05, 4.69) is 29.4 Å². The normalized spacial score (nSPS) is 38.6. The van der Waals surface area contributed by atoms with Crippen molar-refractivity contribution in [3.05, 3.63) is 17.0 Å². The zero-order chi connectivity index (χ0) is 13.7. The number of H-pyrrole nitrogens is 1. The van der Waals surface area contributed by atoms with Gasteiger partial charge in [-0.3, -0.25) is 5.10 Å². The molecule has 5 rings (SSSR count). The summed E-state index contributed by atoms with van der Waals surface area (Å²) in [6, 6.07) is 0. The molecule has 4 aliphatic rings. The molecule has 0 radical (unpaired) electrons. The number of aromatic nitrogens is 2. The third-order valence-corrected chi connectivity index (χ3v) is 6.38. The summed E-state index contributed by atoms with van der Waals surface area (Å²) < 4.78 is 0. The summed E-state index contributed by atoms with van der Waals surface area (Å²) in [4.78, 5) is 0. The maximum Gasteiger partial charge on any atom is 0.0638 e. The fourth-order valence-corrected chi connectivity index (χ4v) is 5.57. The molecule has 3 heteroatoms. The van der Waals surface area contributed by atoms with Crippen LogP contribution in [0.15, 0.2) is 0 Å². The molecule has 0 atom stereocenters. The van der Waals surface area contributed by atoms with E-state index in [0.29, 0.717) is 0 Å². The molecular formula is C17H27N3. The lowest BCUT2D eigenvalue weighted by atomic mass is 9.52. The standard InChI is InChI=1S/C17H27N3/c1-10-16(11(2)20-19-10)8-18-9-17-14-4-12-3-13(6-14)7-15(17)5-12/h12-15,17-18H,3-9H2,1-2H3,(H,19,20). The van der Waals surface area contributed by atoms with Gasteiger partial charge in [-0.05, 0) is 82.1 Å². The van der Waals surface area contributed by atoms with Gasteiger partial charge in [-0.15, -0.1) is 0 Å². The molecule has 0 saturated heterocycles. The predicted octanol–water partition coefficient (Wildman–Crippen LogP) is 3.19. The van der Waals surface area contributed by atoms with Crippen LogP contribution in [-0.2, 0) is 6.54 Å². The second-order valence-electron chi connectivity index (χ2n) is 7.64. The van der Waals surface area contributed by atoms with Crippen molar-refractivity contribution in [3.8, 4) is 0 Å². The van der Waals surface area contributed by atoms with Crippen LogP contribution in [0.4, 0.5) is 0 Å². The zero-order valence-corrected chi connectivity index (χ0v) is 12.8. The molecule has 2 N–H and O–H groups in total. The molecule has 1 aromatic rings. The van der Waals surface area contributed by atoms with Crippen LogP contribution in [0.25, 0.3) is 0 Å². The number of hydrogen-bond acceptors (Lipinski definition) is 2. The van der Waals surface area contributed by atoms with Gasteiger partial charge in [0.15, 0.2) is 0 Å². The highest BCUT2D eigenvalue weighted by atomic mass is 15.1. The molecule has 1 heterocycles. The van der Waals surface area contributed by atoms with E-state index in [0.717, 1.165) is 41.8 Å². The fourth-order valence-electron chi connectivity index (χ4n) is 5.57. The van der Waals surface area contributed by atoms with Crippen molar-refractivity contribution >= 4 is 0 Å². The Hall–Kier alpha value is -0.830. The van der Waals surface area contributed by atoms with E-state index < -0.39 is 0 Å². The first-order valence-corrected chi connectivity index (χ1v) is 8.42. The molecule has 20 heavy (non-hydrogen) atoms. The van der Waals surface area contributed by atoms with E-state index in [1.54, 1.807) is 6.42 Å². The highest BCUT2D eigenvalue weighted by Gasteiger charge is 2.47. The van der Waals surface area contributed by atoms with Gasteiger partial charge in [0.1, 0.15) is 0 Å². The molecule has 4 aliphatic carbocycles. The number of nitrogens with one attached hydrogen (secondary N) is 2. The fraction of sp³-hybridized carbons (Fsp3) is 0.824. The minimum atomic E-state index is 0.954. The summed E-state index contributed by atoms with van der Waals surface area (Å²) in [5.41, 5.74) is 3.74. The van der Waals surface area contributed by atoms with Gasteiger partial charge in [0.05, 0.1) is 5.69 Å². The highest BCUT2D eigenvalue weighted by molar-refractivity contribution is 5.22. The highest BCUT2D eigenvalue weighted by Crippen LogP contribution is 2.56. The van der Waals surface area contributed by atoms with Gasteiger partial charge in [-0.1, -0.05) is 0 Å². The van der Waals surface area contributed by atoms with Crippen molar-refractivity contribution in [2.45, 2.75) is 52.5 Å². The van der Waals surface area contributed by atoms with Crippen LogP contribution in [0.1, 0.15) is 49.1 Å².